The fraction of sp³-hybridized carbons (Fsp3) is 0.923. The molecule has 4 heteroatoms. The van der Waals surface area contributed by atoms with Gasteiger partial charge in [0, 0.05) is 18.4 Å². The zero-order valence-electron chi connectivity index (χ0n) is 11.3. The van der Waals surface area contributed by atoms with Crippen LogP contribution in [0.15, 0.2) is 4.99 Å². The Kier molecular flexibility index (Phi) is 4.03. The summed E-state index contributed by atoms with van der Waals surface area (Å²) < 4.78 is 5.28. The first-order valence-corrected chi connectivity index (χ1v) is 7.34. The second kappa shape index (κ2) is 5.19. The molecule has 1 aliphatic heterocycles. The molecule has 1 N–H and O–H groups in total. The van der Waals surface area contributed by atoms with Crippen LogP contribution in [-0.2, 0) is 4.74 Å². The SMILES string of the molecule is COC1CC(NC2=NCC(CC(C)(C)C)S2)C1. The second-order valence-corrected chi connectivity index (χ2v) is 7.61. The molecule has 2 aliphatic rings. The minimum atomic E-state index is 0.403. The summed E-state index contributed by atoms with van der Waals surface area (Å²) in [4.78, 5) is 4.60. The average molecular weight is 256 g/mol. The second-order valence-electron chi connectivity index (χ2n) is 6.32. The van der Waals surface area contributed by atoms with Crippen LogP contribution < -0.4 is 5.32 Å². The Morgan fingerprint density at radius 3 is 2.71 bits per heavy atom. The summed E-state index contributed by atoms with van der Waals surface area (Å²) >= 11 is 1.92. The maximum absolute atomic E-state index is 5.28. The third-order valence-electron chi connectivity index (χ3n) is 3.31. The monoisotopic (exact) mass is 256 g/mol. The zero-order chi connectivity index (χ0) is 12.5. The Bertz CT molecular complexity index is 292. The van der Waals surface area contributed by atoms with E-state index in [9.17, 15) is 0 Å². The largest absolute Gasteiger partial charge is 0.381 e. The van der Waals surface area contributed by atoms with Crippen LogP contribution in [0.5, 0.6) is 0 Å². The number of nitrogens with one attached hydrogen (secondary N) is 1. The highest BCUT2D eigenvalue weighted by Gasteiger charge is 2.32. The maximum Gasteiger partial charge on any atom is 0.157 e. The Hall–Kier alpha value is -0.220. The van der Waals surface area contributed by atoms with E-state index >= 15 is 0 Å². The predicted molar refractivity (Wildman–Crippen MR) is 74.7 cm³/mol. The summed E-state index contributed by atoms with van der Waals surface area (Å²) in [6.45, 7) is 7.88. The van der Waals surface area contributed by atoms with Gasteiger partial charge in [0.15, 0.2) is 5.17 Å². The van der Waals surface area contributed by atoms with Crippen molar-refractivity contribution in [3.8, 4) is 0 Å². The molecule has 0 spiro atoms. The lowest BCUT2D eigenvalue weighted by Crippen LogP contribution is -2.46. The van der Waals surface area contributed by atoms with Crippen LogP contribution in [0.25, 0.3) is 0 Å². The molecule has 0 amide bonds. The number of hydrogen-bond acceptors (Lipinski definition) is 4. The van der Waals surface area contributed by atoms with E-state index in [1.165, 1.54) is 6.42 Å². The number of methoxy groups -OCH3 is 1. The normalized spacial score (nSPS) is 33.2. The first-order valence-electron chi connectivity index (χ1n) is 6.47. The van der Waals surface area contributed by atoms with Crippen molar-refractivity contribution in [3.63, 3.8) is 0 Å². The fourth-order valence-electron chi connectivity index (χ4n) is 2.34. The molecule has 98 valence electrons. The van der Waals surface area contributed by atoms with Crippen molar-refractivity contribution in [2.24, 2.45) is 10.4 Å². The van der Waals surface area contributed by atoms with Gasteiger partial charge in [-0.1, -0.05) is 32.5 Å². The van der Waals surface area contributed by atoms with Crippen molar-refractivity contribution < 1.29 is 4.74 Å². The Balaban J connectivity index is 1.68. The Morgan fingerprint density at radius 2 is 2.12 bits per heavy atom. The predicted octanol–water partition coefficient (Wildman–Crippen LogP) is 2.66. The van der Waals surface area contributed by atoms with E-state index in [0.29, 0.717) is 22.8 Å². The fourth-order valence-corrected chi connectivity index (χ4v) is 3.77. The molecule has 0 aromatic carbocycles. The van der Waals surface area contributed by atoms with E-state index in [1.54, 1.807) is 7.11 Å². The van der Waals surface area contributed by atoms with Crippen LogP contribution in [0, 0.1) is 5.41 Å². The van der Waals surface area contributed by atoms with Gasteiger partial charge in [0.1, 0.15) is 0 Å². The standard InChI is InChI=1S/C13H24N2OS/c1-13(2,3)7-11-8-14-12(17-11)15-9-5-10(6-9)16-4/h9-11H,5-8H2,1-4H3,(H,14,15). The van der Waals surface area contributed by atoms with Gasteiger partial charge >= 0.3 is 0 Å². The maximum atomic E-state index is 5.28. The van der Waals surface area contributed by atoms with Gasteiger partial charge < -0.3 is 10.1 Å². The summed E-state index contributed by atoms with van der Waals surface area (Å²) in [6, 6.07) is 0.583. The molecule has 17 heavy (non-hydrogen) atoms. The van der Waals surface area contributed by atoms with E-state index < -0.39 is 0 Å². The minimum Gasteiger partial charge on any atom is -0.381 e. The number of rotatable bonds is 3. The van der Waals surface area contributed by atoms with Crippen molar-refractivity contribution in [2.75, 3.05) is 13.7 Å². The molecule has 0 aromatic rings. The van der Waals surface area contributed by atoms with Gasteiger partial charge in [-0.2, -0.15) is 0 Å². The highest BCUT2D eigenvalue weighted by Crippen LogP contribution is 2.32. The summed E-state index contributed by atoms with van der Waals surface area (Å²) in [7, 11) is 1.79. The molecule has 1 aliphatic carbocycles. The Morgan fingerprint density at radius 1 is 1.41 bits per heavy atom. The Labute approximate surface area is 109 Å². The number of thioether (sulfide) groups is 1. The third-order valence-corrected chi connectivity index (χ3v) is 4.43. The molecular weight excluding hydrogens is 232 g/mol. The molecular formula is C13H24N2OS. The highest BCUT2D eigenvalue weighted by atomic mass is 32.2. The quantitative estimate of drug-likeness (QED) is 0.843. The number of ether oxygens (including phenoxy) is 1. The number of hydrogen-bond donors (Lipinski definition) is 1. The van der Waals surface area contributed by atoms with Crippen LogP contribution in [0.4, 0.5) is 0 Å². The van der Waals surface area contributed by atoms with Crippen LogP contribution >= 0.6 is 11.8 Å². The van der Waals surface area contributed by atoms with E-state index in [4.69, 9.17) is 4.74 Å². The summed E-state index contributed by atoms with van der Waals surface area (Å²) in [5, 5.41) is 5.34. The van der Waals surface area contributed by atoms with Gasteiger partial charge in [0.2, 0.25) is 0 Å². The smallest absolute Gasteiger partial charge is 0.157 e. The molecule has 1 fully saturated rings. The molecule has 1 heterocycles. The van der Waals surface area contributed by atoms with Gasteiger partial charge in [0.05, 0.1) is 12.6 Å². The van der Waals surface area contributed by atoms with E-state index in [2.05, 4.69) is 31.1 Å². The van der Waals surface area contributed by atoms with Crippen molar-refractivity contribution in [3.05, 3.63) is 0 Å². The van der Waals surface area contributed by atoms with Gasteiger partial charge in [0.25, 0.3) is 0 Å². The van der Waals surface area contributed by atoms with Gasteiger partial charge in [-0.25, -0.2) is 0 Å². The first-order chi connectivity index (χ1) is 7.96. The number of nitrogens with zero attached hydrogens (tertiary/aromatic N) is 1. The molecule has 0 radical (unpaired) electrons. The van der Waals surface area contributed by atoms with Crippen molar-refractivity contribution in [1.82, 2.24) is 5.32 Å². The van der Waals surface area contributed by atoms with Gasteiger partial charge in [-0.05, 0) is 24.7 Å². The molecule has 2 rings (SSSR count). The van der Waals surface area contributed by atoms with E-state index in [-0.39, 0.29) is 0 Å². The summed E-state index contributed by atoms with van der Waals surface area (Å²) in [5.41, 5.74) is 0.403. The first kappa shape index (κ1) is 13.2. The molecule has 1 atom stereocenters. The lowest BCUT2D eigenvalue weighted by atomic mass is 9.89. The lowest BCUT2D eigenvalue weighted by molar-refractivity contribution is 0.0228. The van der Waals surface area contributed by atoms with Crippen LogP contribution in [0.1, 0.15) is 40.0 Å². The molecule has 1 saturated carbocycles. The molecule has 3 nitrogen and oxygen atoms in total. The van der Waals surface area contributed by atoms with Crippen LogP contribution in [0.3, 0.4) is 0 Å². The number of amidine groups is 1. The summed E-state index contributed by atoms with van der Waals surface area (Å²) in [6.07, 6.45) is 3.95. The van der Waals surface area contributed by atoms with Gasteiger partial charge in [-0.15, -0.1) is 0 Å². The van der Waals surface area contributed by atoms with Gasteiger partial charge in [-0.3, -0.25) is 4.99 Å². The highest BCUT2D eigenvalue weighted by molar-refractivity contribution is 8.14. The van der Waals surface area contributed by atoms with Crippen LogP contribution in [0.2, 0.25) is 0 Å². The summed E-state index contributed by atoms with van der Waals surface area (Å²) in [5.74, 6) is 0. The van der Waals surface area contributed by atoms with E-state index in [1.807, 2.05) is 11.8 Å². The van der Waals surface area contributed by atoms with Crippen molar-refractivity contribution in [1.29, 1.82) is 0 Å². The lowest BCUT2D eigenvalue weighted by Gasteiger charge is -2.35. The average Bonchev–Trinajstić information content (AvgIpc) is 2.55. The third kappa shape index (κ3) is 3.88. The topological polar surface area (TPSA) is 33.6 Å². The number of aliphatic imine (C=N–C) groups is 1. The van der Waals surface area contributed by atoms with Crippen molar-refractivity contribution >= 4 is 16.9 Å². The van der Waals surface area contributed by atoms with Crippen molar-refractivity contribution in [2.45, 2.75) is 57.4 Å². The molecule has 0 bridgehead atoms. The zero-order valence-corrected chi connectivity index (χ0v) is 12.1. The molecule has 1 unspecified atom stereocenters. The molecule has 0 aromatic heterocycles. The van der Waals surface area contributed by atoms with E-state index in [0.717, 1.165) is 24.6 Å². The molecule has 0 saturated heterocycles. The minimum absolute atomic E-state index is 0.403. The van der Waals surface area contributed by atoms with Crippen LogP contribution in [-0.4, -0.2) is 36.2 Å².